The zero-order valence-electron chi connectivity index (χ0n) is 7.17. The number of Topliss-reactive ketones (excluding diaryl/α,β-unsaturated/α-hetero) is 1. The fraction of sp³-hybridized carbons (Fsp3) is 0.125. The third kappa shape index (κ3) is 2.48. The summed E-state index contributed by atoms with van der Waals surface area (Å²) in [7, 11) is 0. The maximum absolute atomic E-state index is 11.3. The van der Waals surface area contributed by atoms with Crippen molar-refractivity contribution in [2.75, 3.05) is 5.33 Å². The zero-order chi connectivity index (χ0) is 11.6. The van der Waals surface area contributed by atoms with Crippen LogP contribution in [0.3, 0.4) is 0 Å². The Morgan fingerprint density at radius 3 is 2.53 bits per heavy atom. The molecule has 0 heterocycles. The van der Waals surface area contributed by atoms with Crippen molar-refractivity contribution < 1.29 is 9.72 Å². The van der Waals surface area contributed by atoms with Crippen LogP contribution in [0, 0.1) is 10.1 Å². The van der Waals surface area contributed by atoms with Crippen LogP contribution >= 0.6 is 39.1 Å². The average Bonchev–Trinajstić information content (AvgIpc) is 2.16. The van der Waals surface area contributed by atoms with E-state index in [-0.39, 0.29) is 26.7 Å². The van der Waals surface area contributed by atoms with Crippen LogP contribution in [0.15, 0.2) is 12.1 Å². The van der Waals surface area contributed by atoms with Gasteiger partial charge in [-0.3, -0.25) is 14.9 Å². The summed E-state index contributed by atoms with van der Waals surface area (Å²) in [6, 6.07) is 2.64. The molecule has 0 aliphatic rings. The Kier molecular flexibility index (Phi) is 4.07. The molecule has 0 aromatic heterocycles. The zero-order valence-corrected chi connectivity index (χ0v) is 10.3. The van der Waals surface area contributed by atoms with E-state index in [9.17, 15) is 14.9 Å². The van der Waals surface area contributed by atoms with Crippen molar-refractivity contribution in [3.8, 4) is 0 Å². The van der Waals surface area contributed by atoms with Crippen molar-refractivity contribution in [2.24, 2.45) is 0 Å². The Hall–Kier alpha value is -0.650. The summed E-state index contributed by atoms with van der Waals surface area (Å²) in [5.74, 6) is -0.334. The number of rotatable bonds is 3. The predicted octanol–water partition coefficient (Wildman–Crippen LogP) is 3.48. The molecule has 0 aliphatic carbocycles. The van der Waals surface area contributed by atoms with Gasteiger partial charge in [0.05, 0.1) is 10.3 Å². The second-order valence-corrected chi connectivity index (χ2v) is 3.92. The lowest BCUT2D eigenvalue weighted by atomic mass is 10.1. The molecule has 7 heteroatoms. The highest BCUT2D eigenvalue weighted by Crippen LogP contribution is 2.35. The first kappa shape index (κ1) is 12.4. The smallest absolute Gasteiger partial charge is 0.293 e. The van der Waals surface area contributed by atoms with Crippen LogP contribution in [0.4, 0.5) is 5.69 Å². The van der Waals surface area contributed by atoms with Gasteiger partial charge < -0.3 is 0 Å². The molecule has 0 fully saturated rings. The van der Waals surface area contributed by atoms with Crippen molar-refractivity contribution in [1.82, 2.24) is 0 Å². The SMILES string of the molecule is O=C(CBr)c1ccc(Cl)c([N+](=O)[O-])c1Cl. The Labute approximate surface area is 103 Å². The predicted molar refractivity (Wildman–Crippen MR) is 61.2 cm³/mol. The maximum atomic E-state index is 11.3. The first-order chi connectivity index (χ1) is 6.99. The lowest BCUT2D eigenvalue weighted by molar-refractivity contribution is -0.384. The number of nitrogens with zero attached hydrogens (tertiary/aromatic N) is 1. The second kappa shape index (κ2) is 4.92. The highest BCUT2D eigenvalue weighted by atomic mass is 79.9. The number of alkyl halides is 1. The third-order valence-electron chi connectivity index (χ3n) is 1.67. The molecule has 0 saturated carbocycles. The standard InChI is InChI=1S/C8H4BrCl2NO3/c9-3-6(13)4-1-2-5(10)8(7(4)11)12(14)15/h1-2H,3H2. The molecule has 80 valence electrons. The van der Waals surface area contributed by atoms with E-state index >= 15 is 0 Å². The van der Waals surface area contributed by atoms with Crippen molar-refractivity contribution >= 4 is 50.6 Å². The summed E-state index contributed by atoms with van der Waals surface area (Å²) < 4.78 is 0. The van der Waals surface area contributed by atoms with E-state index in [1.165, 1.54) is 12.1 Å². The van der Waals surface area contributed by atoms with Crippen LogP contribution in [0.25, 0.3) is 0 Å². The largest absolute Gasteiger partial charge is 0.307 e. The Morgan fingerprint density at radius 1 is 1.47 bits per heavy atom. The highest BCUT2D eigenvalue weighted by molar-refractivity contribution is 9.09. The van der Waals surface area contributed by atoms with E-state index in [1.807, 2.05) is 0 Å². The van der Waals surface area contributed by atoms with E-state index in [4.69, 9.17) is 23.2 Å². The van der Waals surface area contributed by atoms with Gasteiger partial charge >= 0.3 is 5.69 Å². The van der Waals surface area contributed by atoms with Gasteiger partial charge in [-0.1, -0.05) is 39.1 Å². The van der Waals surface area contributed by atoms with Gasteiger partial charge in [0.1, 0.15) is 10.0 Å². The fourth-order valence-electron chi connectivity index (χ4n) is 0.996. The Balaban J connectivity index is 3.41. The third-order valence-corrected chi connectivity index (χ3v) is 2.87. The summed E-state index contributed by atoms with van der Waals surface area (Å²) in [4.78, 5) is 21.2. The summed E-state index contributed by atoms with van der Waals surface area (Å²) in [5, 5.41) is 10.4. The molecular formula is C8H4BrCl2NO3. The molecule has 1 aromatic carbocycles. The van der Waals surface area contributed by atoms with E-state index in [0.29, 0.717) is 0 Å². The van der Waals surface area contributed by atoms with Crippen LogP contribution in [0.1, 0.15) is 10.4 Å². The number of carbonyl (C=O) groups is 1. The molecule has 0 N–H and O–H groups in total. The molecule has 0 atom stereocenters. The normalized spacial score (nSPS) is 10.1. The molecule has 0 amide bonds. The molecule has 4 nitrogen and oxygen atoms in total. The Morgan fingerprint density at radius 2 is 2.07 bits per heavy atom. The summed E-state index contributed by atoms with van der Waals surface area (Å²) in [6.07, 6.45) is 0. The number of nitro groups is 1. The number of halogens is 3. The van der Waals surface area contributed by atoms with Crippen LogP contribution in [-0.2, 0) is 0 Å². The fourth-order valence-corrected chi connectivity index (χ4v) is 1.91. The van der Waals surface area contributed by atoms with Crippen molar-refractivity contribution in [1.29, 1.82) is 0 Å². The minimum Gasteiger partial charge on any atom is -0.293 e. The summed E-state index contributed by atoms with van der Waals surface area (Å²) in [6.45, 7) is 0. The van der Waals surface area contributed by atoms with E-state index in [1.54, 1.807) is 0 Å². The minimum absolute atomic E-state index is 0.0471. The van der Waals surface area contributed by atoms with Crippen molar-refractivity contribution in [2.45, 2.75) is 0 Å². The molecule has 1 rings (SSSR count). The van der Waals surface area contributed by atoms with Gasteiger partial charge in [0.25, 0.3) is 0 Å². The van der Waals surface area contributed by atoms with Gasteiger partial charge in [0.2, 0.25) is 0 Å². The van der Waals surface area contributed by atoms with Gasteiger partial charge in [-0.25, -0.2) is 0 Å². The number of nitro benzene ring substituents is 1. The molecule has 0 aliphatic heterocycles. The van der Waals surface area contributed by atoms with E-state index in [0.717, 1.165) is 0 Å². The van der Waals surface area contributed by atoms with Gasteiger partial charge in [-0.05, 0) is 12.1 Å². The van der Waals surface area contributed by atoms with Gasteiger partial charge in [0, 0.05) is 5.56 Å². The minimum atomic E-state index is -0.713. The maximum Gasteiger partial charge on any atom is 0.307 e. The van der Waals surface area contributed by atoms with Crippen molar-refractivity contribution in [3.63, 3.8) is 0 Å². The monoisotopic (exact) mass is 311 g/mol. The molecule has 0 saturated heterocycles. The van der Waals surface area contributed by atoms with Crippen molar-refractivity contribution in [3.05, 3.63) is 37.9 Å². The molecular weight excluding hydrogens is 309 g/mol. The number of hydrogen-bond donors (Lipinski definition) is 0. The topological polar surface area (TPSA) is 60.2 Å². The second-order valence-electron chi connectivity index (χ2n) is 2.57. The lowest BCUT2D eigenvalue weighted by Gasteiger charge is -2.03. The average molecular weight is 313 g/mol. The Bertz CT molecular complexity index is 436. The van der Waals surface area contributed by atoms with E-state index < -0.39 is 10.6 Å². The van der Waals surface area contributed by atoms with Gasteiger partial charge in [0.15, 0.2) is 5.78 Å². The molecule has 15 heavy (non-hydrogen) atoms. The van der Waals surface area contributed by atoms with Crippen LogP contribution in [0.2, 0.25) is 10.0 Å². The number of hydrogen-bond acceptors (Lipinski definition) is 3. The molecule has 0 unspecified atom stereocenters. The molecule has 0 radical (unpaired) electrons. The quantitative estimate of drug-likeness (QED) is 0.371. The summed E-state index contributed by atoms with van der Waals surface area (Å²) >= 11 is 14.3. The number of benzene rings is 1. The van der Waals surface area contributed by atoms with Crippen LogP contribution < -0.4 is 0 Å². The van der Waals surface area contributed by atoms with Gasteiger partial charge in [-0.15, -0.1) is 0 Å². The molecule has 0 bridgehead atoms. The summed E-state index contributed by atoms with van der Waals surface area (Å²) in [5.41, 5.74) is -0.352. The van der Waals surface area contributed by atoms with Crippen LogP contribution in [0.5, 0.6) is 0 Å². The number of ketones is 1. The van der Waals surface area contributed by atoms with E-state index in [2.05, 4.69) is 15.9 Å². The van der Waals surface area contributed by atoms with Gasteiger partial charge in [-0.2, -0.15) is 0 Å². The first-order valence-electron chi connectivity index (χ1n) is 3.70. The first-order valence-corrected chi connectivity index (χ1v) is 5.58. The highest BCUT2D eigenvalue weighted by Gasteiger charge is 2.23. The lowest BCUT2D eigenvalue weighted by Crippen LogP contribution is -2.03. The molecule has 0 spiro atoms. The van der Waals surface area contributed by atoms with Crippen LogP contribution in [-0.4, -0.2) is 16.0 Å². The molecule has 1 aromatic rings. The number of carbonyl (C=O) groups excluding carboxylic acids is 1.